The summed E-state index contributed by atoms with van der Waals surface area (Å²) in [6, 6.07) is 0. The second kappa shape index (κ2) is 9.25. The van der Waals surface area contributed by atoms with Gasteiger partial charge in [0, 0.05) is 25.4 Å². The molecule has 0 saturated carbocycles. The number of carbonyl (C=O) groups excluding carboxylic acids is 1. The molecule has 0 radical (unpaired) electrons. The first-order valence-electron chi connectivity index (χ1n) is 6.78. The molecule has 19 heavy (non-hydrogen) atoms. The lowest BCUT2D eigenvalue weighted by Crippen LogP contribution is -2.50. The van der Waals surface area contributed by atoms with Crippen LogP contribution in [0.2, 0.25) is 5.54 Å². The van der Waals surface area contributed by atoms with Crippen molar-refractivity contribution in [2.45, 2.75) is 46.6 Å². The zero-order valence-corrected chi connectivity index (χ0v) is 13.5. The Balaban J connectivity index is 5.36. The van der Waals surface area contributed by atoms with Gasteiger partial charge in [-0.1, -0.05) is 13.0 Å². The molecule has 0 aromatic rings. The van der Waals surface area contributed by atoms with Crippen molar-refractivity contribution in [2.24, 2.45) is 0 Å². The van der Waals surface area contributed by atoms with Crippen LogP contribution in [-0.4, -0.2) is 34.6 Å². The molecular formula is C13H25O5Si-. The first-order valence-corrected chi connectivity index (χ1v) is 8.59. The van der Waals surface area contributed by atoms with Crippen LogP contribution in [0.4, 0.5) is 0 Å². The molecule has 1 unspecified atom stereocenters. The Bertz CT molecular complexity index is 286. The van der Waals surface area contributed by atoms with Gasteiger partial charge in [0.25, 0.3) is 0 Å². The summed E-state index contributed by atoms with van der Waals surface area (Å²) in [5.74, 6) is -1.18. The average Bonchev–Trinajstić information content (AvgIpc) is 2.36. The lowest BCUT2D eigenvalue weighted by Gasteiger charge is -2.33. The third-order valence-electron chi connectivity index (χ3n) is 2.70. The van der Waals surface area contributed by atoms with Crippen molar-refractivity contribution in [3.05, 3.63) is 11.6 Å². The molecule has 0 amide bonds. The predicted molar refractivity (Wildman–Crippen MR) is 73.4 cm³/mol. The second-order valence-electron chi connectivity index (χ2n) is 4.05. The number of allylic oxidation sites excluding steroid dienone is 1. The highest BCUT2D eigenvalue weighted by Crippen LogP contribution is 2.31. The first kappa shape index (κ1) is 18.3. The lowest BCUT2D eigenvalue weighted by atomic mass is 10.2. The SMILES string of the molecule is CCO[Si](OCC)(OCC)C(/C=C(\C)C(=O)[O-])CC. The van der Waals surface area contributed by atoms with Gasteiger partial charge in [0.05, 0.1) is 5.97 Å². The molecule has 6 heteroatoms. The van der Waals surface area contributed by atoms with Gasteiger partial charge in [-0.25, -0.2) is 0 Å². The van der Waals surface area contributed by atoms with E-state index in [9.17, 15) is 9.90 Å². The molecule has 0 saturated heterocycles. The van der Waals surface area contributed by atoms with Crippen LogP contribution < -0.4 is 5.11 Å². The van der Waals surface area contributed by atoms with Crippen LogP contribution in [0, 0.1) is 0 Å². The van der Waals surface area contributed by atoms with E-state index in [1.165, 1.54) is 6.92 Å². The Morgan fingerprint density at radius 1 is 1.11 bits per heavy atom. The number of carboxylic acid groups (broad SMARTS) is 1. The van der Waals surface area contributed by atoms with Crippen LogP contribution in [0.1, 0.15) is 41.0 Å². The van der Waals surface area contributed by atoms with E-state index in [1.807, 2.05) is 27.7 Å². The van der Waals surface area contributed by atoms with Crippen LogP contribution in [0.15, 0.2) is 11.6 Å². The van der Waals surface area contributed by atoms with Gasteiger partial charge in [-0.15, -0.1) is 0 Å². The number of carboxylic acids is 1. The van der Waals surface area contributed by atoms with Gasteiger partial charge in [0.2, 0.25) is 0 Å². The summed E-state index contributed by atoms with van der Waals surface area (Å²) in [5.41, 5.74) is 0.00749. The fourth-order valence-corrected chi connectivity index (χ4v) is 4.94. The summed E-state index contributed by atoms with van der Waals surface area (Å²) in [5, 5.41) is 10.9. The minimum Gasteiger partial charge on any atom is -0.545 e. The van der Waals surface area contributed by atoms with E-state index >= 15 is 0 Å². The summed E-state index contributed by atoms with van der Waals surface area (Å²) in [7, 11) is -2.90. The van der Waals surface area contributed by atoms with Gasteiger partial charge in [0.15, 0.2) is 0 Å². The van der Waals surface area contributed by atoms with E-state index in [0.29, 0.717) is 26.2 Å². The summed E-state index contributed by atoms with van der Waals surface area (Å²) in [4.78, 5) is 10.9. The molecule has 0 spiro atoms. The Morgan fingerprint density at radius 2 is 1.53 bits per heavy atom. The Kier molecular flexibility index (Phi) is 8.91. The molecule has 0 aromatic carbocycles. The van der Waals surface area contributed by atoms with E-state index in [-0.39, 0.29) is 11.1 Å². The van der Waals surface area contributed by atoms with Gasteiger partial charge in [-0.2, -0.15) is 0 Å². The molecule has 0 aliphatic heterocycles. The molecule has 0 fully saturated rings. The fraction of sp³-hybridized carbons (Fsp3) is 0.769. The molecule has 0 aliphatic carbocycles. The molecule has 0 bridgehead atoms. The Morgan fingerprint density at radius 3 is 1.79 bits per heavy atom. The van der Waals surface area contributed by atoms with Gasteiger partial charge in [-0.05, 0) is 39.7 Å². The molecular weight excluding hydrogens is 264 g/mol. The van der Waals surface area contributed by atoms with Crippen LogP contribution >= 0.6 is 0 Å². The highest BCUT2D eigenvalue weighted by atomic mass is 28.4. The van der Waals surface area contributed by atoms with Gasteiger partial charge in [-0.3, -0.25) is 0 Å². The lowest BCUT2D eigenvalue weighted by molar-refractivity contribution is -0.299. The Labute approximate surface area is 116 Å². The van der Waals surface area contributed by atoms with E-state index in [2.05, 4.69) is 0 Å². The normalized spacial score (nSPS) is 14.5. The van der Waals surface area contributed by atoms with Crippen molar-refractivity contribution in [1.82, 2.24) is 0 Å². The zero-order valence-electron chi connectivity index (χ0n) is 12.5. The van der Waals surface area contributed by atoms with Gasteiger partial charge >= 0.3 is 8.80 Å². The third kappa shape index (κ3) is 5.44. The maximum Gasteiger partial charge on any atom is 0.508 e. The van der Waals surface area contributed by atoms with E-state index < -0.39 is 14.8 Å². The number of hydrogen-bond donors (Lipinski definition) is 0. The minimum absolute atomic E-state index is 0.176. The smallest absolute Gasteiger partial charge is 0.508 e. The standard InChI is InChI=1S/C13H26O5Si/c1-6-12(10-11(5)13(14)15)19(16-7-2,17-8-3)18-9-4/h10,12H,6-9H2,1-5H3,(H,14,15)/p-1/b11-10+. The molecule has 112 valence electrons. The molecule has 0 N–H and O–H groups in total. The molecule has 0 aliphatic rings. The first-order chi connectivity index (χ1) is 8.97. The molecule has 1 atom stereocenters. The number of hydrogen-bond acceptors (Lipinski definition) is 5. The maximum atomic E-state index is 10.9. The summed E-state index contributed by atoms with van der Waals surface area (Å²) < 4.78 is 17.3. The molecule has 5 nitrogen and oxygen atoms in total. The molecule has 0 aromatic heterocycles. The number of rotatable bonds is 10. The summed E-state index contributed by atoms with van der Waals surface area (Å²) in [6.07, 6.45) is 2.33. The van der Waals surface area contributed by atoms with E-state index in [1.54, 1.807) is 6.08 Å². The van der Waals surface area contributed by atoms with E-state index in [4.69, 9.17) is 13.3 Å². The van der Waals surface area contributed by atoms with Crippen LogP contribution in [-0.2, 0) is 18.1 Å². The molecule has 0 rings (SSSR count). The van der Waals surface area contributed by atoms with Crippen molar-refractivity contribution in [3.8, 4) is 0 Å². The maximum absolute atomic E-state index is 10.9. The average molecular weight is 289 g/mol. The van der Waals surface area contributed by atoms with Gasteiger partial charge in [0.1, 0.15) is 0 Å². The van der Waals surface area contributed by atoms with Crippen LogP contribution in [0.3, 0.4) is 0 Å². The van der Waals surface area contributed by atoms with Crippen molar-refractivity contribution in [2.75, 3.05) is 19.8 Å². The molecule has 0 heterocycles. The van der Waals surface area contributed by atoms with E-state index in [0.717, 1.165) is 0 Å². The minimum atomic E-state index is -2.90. The van der Waals surface area contributed by atoms with Crippen molar-refractivity contribution in [1.29, 1.82) is 0 Å². The van der Waals surface area contributed by atoms with Crippen LogP contribution in [0.25, 0.3) is 0 Å². The van der Waals surface area contributed by atoms with Gasteiger partial charge < -0.3 is 23.2 Å². The topological polar surface area (TPSA) is 67.8 Å². The summed E-state index contributed by atoms with van der Waals surface area (Å²) >= 11 is 0. The van der Waals surface area contributed by atoms with Crippen LogP contribution in [0.5, 0.6) is 0 Å². The number of carbonyl (C=O) groups is 1. The Hall–Kier alpha value is -0.693. The third-order valence-corrected chi connectivity index (χ3v) is 6.26. The second-order valence-corrected chi connectivity index (χ2v) is 6.87. The quantitative estimate of drug-likeness (QED) is 0.450. The monoisotopic (exact) mass is 289 g/mol. The van der Waals surface area contributed by atoms with Crippen molar-refractivity contribution >= 4 is 14.8 Å². The number of aliphatic carboxylic acids is 1. The van der Waals surface area contributed by atoms with Crippen molar-refractivity contribution in [3.63, 3.8) is 0 Å². The zero-order chi connectivity index (χ0) is 14.9. The largest absolute Gasteiger partial charge is 0.545 e. The highest BCUT2D eigenvalue weighted by Gasteiger charge is 2.47. The fourth-order valence-electron chi connectivity index (χ4n) is 1.89. The summed E-state index contributed by atoms with van der Waals surface area (Å²) in [6.45, 7) is 10.5. The highest BCUT2D eigenvalue weighted by molar-refractivity contribution is 6.63. The van der Waals surface area contributed by atoms with Crippen molar-refractivity contribution < 1.29 is 23.2 Å². The predicted octanol–water partition coefficient (Wildman–Crippen LogP) is 1.51.